The number of nitrogens with zero attached hydrogens (tertiary/aromatic N) is 4. The molecule has 21 heavy (non-hydrogen) atoms. The lowest BCUT2D eigenvalue weighted by Gasteiger charge is -2.15. The van der Waals surface area contributed by atoms with Crippen LogP contribution in [0.1, 0.15) is 30.8 Å². The molecule has 0 amide bonds. The lowest BCUT2D eigenvalue weighted by atomic mass is 10.0. The summed E-state index contributed by atoms with van der Waals surface area (Å²) in [7, 11) is 0. The number of rotatable bonds is 4. The molecule has 0 aliphatic rings. The van der Waals surface area contributed by atoms with Gasteiger partial charge in [0.2, 0.25) is 0 Å². The minimum Gasteiger partial charge on any atom is -0.332 e. The van der Waals surface area contributed by atoms with Crippen LogP contribution in [0, 0.1) is 6.92 Å². The molecule has 0 atom stereocenters. The Hall–Kier alpha value is -2.43. The molecule has 2 heterocycles. The molecule has 0 fully saturated rings. The number of hydrogen-bond donors (Lipinski definition) is 0. The number of para-hydroxylation sites is 1. The first kappa shape index (κ1) is 13.5. The van der Waals surface area contributed by atoms with Gasteiger partial charge >= 0.3 is 0 Å². The molecule has 0 bridgehead atoms. The highest BCUT2D eigenvalue weighted by Crippen LogP contribution is 2.27. The van der Waals surface area contributed by atoms with Crippen LogP contribution in [0.5, 0.6) is 0 Å². The molecule has 0 spiro atoms. The van der Waals surface area contributed by atoms with E-state index in [9.17, 15) is 0 Å². The van der Waals surface area contributed by atoms with Gasteiger partial charge in [-0.2, -0.15) is 4.98 Å². The molecule has 5 heteroatoms. The third-order valence-corrected chi connectivity index (χ3v) is 3.59. The molecule has 108 valence electrons. The normalized spacial score (nSPS) is 11.0. The number of aromatic nitrogens is 4. The zero-order chi connectivity index (χ0) is 14.8. The van der Waals surface area contributed by atoms with Crippen molar-refractivity contribution in [3.05, 3.63) is 47.7 Å². The first-order chi connectivity index (χ1) is 10.2. The summed E-state index contributed by atoms with van der Waals surface area (Å²) in [5.41, 5.74) is 4.56. The quantitative estimate of drug-likeness (QED) is 0.736. The first-order valence-electron chi connectivity index (χ1n) is 7.18. The van der Waals surface area contributed by atoms with Crippen LogP contribution in [0.3, 0.4) is 0 Å². The second kappa shape index (κ2) is 5.52. The molecule has 3 rings (SSSR count). The van der Waals surface area contributed by atoms with E-state index in [1.54, 1.807) is 6.20 Å². The van der Waals surface area contributed by atoms with Crippen molar-refractivity contribution < 1.29 is 4.52 Å². The topological polar surface area (TPSA) is 56.7 Å². The van der Waals surface area contributed by atoms with Crippen LogP contribution in [0.4, 0.5) is 0 Å². The van der Waals surface area contributed by atoms with Gasteiger partial charge in [-0.05, 0) is 30.9 Å². The molecule has 0 saturated heterocycles. The van der Waals surface area contributed by atoms with E-state index < -0.39 is 0 Å². The van der Waals surface area contributed by atoms with Gasteiger partial charge in [0.1, 0.15) is 5.69 Å². The van der Waals surface area contributed by atoms with Gasteiger partial charge in [-0.25, -0.2) is 4.98 Å². The van der Waals surface area contributed by atoms with Gasteiger partial charge in [0.15, 0.2) is 5.82 Å². The monoisotopic (exact) mass is 282 g/mol. The SMILES string of the molecule is CCc1cccc(CC)c1-n1cncc1-c1nc(C)no1. The largest absolute Gasteiger partial charge is 0.332 e. The van der Waals surface area contributed by atoms with Crippen molar-refractivity contribution in [2.24, 2.45) is 0 Å². The molecule has 0 aliphatic carbocycles. The summed E-state index contributed by atoms with van der Waals surface area (Å²) in [5.74, 6) is 1.12. The van der Waals surface area contributed by atoms with E-state index >= 15 is 0 Å². The molecule has 0 radical (unpaired) electrons. The second-order valence-corrected chi connectivity index (χ2v) is 4.93. The maximum absolute atomic E-state index is 5.30. The lowest BCUT2D eigenvalue weighted by molar-refractivity contribution is 0.423. The van der Waals surface area contributed by atoms with E-state index in [2.05, 4.69) is 47.2 Å². The van der Waals surface area contributed by atoms with Gasteiger partial charge in [0.05, 0.1) is 18.2 Å². The summed E-state index contributed by atoms with van der Waals surface area (Å²) < 4.78 is 7.34. The fourth-order valence-electron chi connectivity index (χ4n) is 2.56. The van der Waals surface area contributed by atoms with E-state index in [0.29, 0.717) is 11.7 Å². The number of hydrogen-bond acceptors (Lipinski definition) is 4. The van der Waals surface area contributed by atoms with Crippen LogP contribution in [-0.2, 0) is 12.8 Å². The van der Waals surface area contributed by atoms with Crippen LogP contribution >= 0.6 is 0 Å². The Labute approximate surface area is 123 Å². The summed E-state index contributed by atoms with van der Waals surface area (Å²) in [6.07, 6.45) is 5.49. The molecule has 3 aromatic rings. The lowest BCUT2D eigenvalue weighted by Crippen LogP contribution is -2.04. The first-order valence-corrected chi connectivity index (χ1v) is 7.18. The van der Waals surface area contributed by atoms with Crippen molar-refractivity contribution in [1.29, 1.82) is 0 Å². The van der Waals surface area contributed by atoms with Crippen LogP contribution in [0.2, 0.25) is 0 Å². The number of aryl methyl sites for hydroxylation is 3. The molecule has 2 aromatic heterocycles. The van der Waals surface area contributed by atoms with Crippen molar-refractivity contribution in [1.82, 2.24) is 19.7 Å². The average Bonchev–Trinajstić information content (AvgIpc) is 3.14. The molecule has 5 nitrogen and oxygen atoms in total. The highest BCUT2D eigenvalue weighted by Gasteiger charge is 2.17. The predicted molar refractivity (Wildman–Crippen MR) is 80.3 cm³/mol. The fraction of sp³-hybridized carbons (Fsp3) is 0.312. The highest BCUT2D eigenvalue weighted by atomic mass is 16.5. The maximum atomic E-state index is 5.30. The van der Waals surface area contributed by atoms with Crippen LogP contribution in [-0.4, -0.2) is 19.7 Å². The van der Waals surface area contributed by atoms with Gasteiger partial charge in [0.25, 0.3) is 5.89 Å². The highest BCUT2D eigenvalue weighted by molar-refractivity contribution is 5.57. The van der Waals surface area contributed by atoms with Gasteiger partial charge in [0, 0.05) is 0 Å². The van der Waals surface area contributed by atoms with E-state index in [-0.39, 0.29) is 0 Å². The number of imidazole rings is 1. The predicted octanol–water partition coefficient (Wildman–Crippen LogP) is 3.36. The van der Waals surface area contributed by atoms with Gasteiger partial charge in [-0.1, -0.05) is 37.2 Å². The maximum Gasteiger partial charge on any atom is 0.276 e. The van der Waals surface area contributed by atoms with Crippen LogP contribution in [0.25, 0.3) is 17.3 Å². The molecular formula is C16H18N4O. The molecule has 0 unspecified atom stereocenters. The van der Waals surface area contributed by atoms with E-state index in [0.717, 1.165) is 18.5 Å². The van der Waals surface area contributed by atoms with E-state index in [4.69, 9.17) is 4.52 Å². The minimum absolute atomic E-state index is 0.498. The second-order valence-electron chi connectivity index (χ2n) is 4.93. The smallest absolute Gasteiger partial charge is 0.276 e. The van der Waals surface area contributed by atoms with Gasteiger partial charge in [-0.3, -0.25) is 4.57 Å². The summed E-state index contributed by atoms with van der Waals surface area (Å²) >= 11 is 0. The Morgan fingerprint density at radius 3 is 2.43 bits per heavy atom. The standard InChI is InChI=1S/C16H18N4O/c1-4-12-7-6-8-13(5-2)15(12)20-10-17-9-14(20)16-18-11(3)19-21-16/h6-10H,4-5H2,1-3H3. The van der Waals surface area contributed by atoms with Crippen molar-refractivity contribution in [2.75, 3.05) is 0 Å². The van der Waals surface area contributed by atoms with Crippen molar-refractivity contribution in [2.45, 2.75) is 33.6 Å². The van der Waals surface area contributed by atoms with Crippen molar-refractivity contribution in [3.63, 3.8) is 0 Å². The van der Waals surface area contributed by atoms with Crippen LogP contribution < -0.4 is 0 Å². The molecule has 0 saturated carbocycles. The summed E-state index contributed by atoms with van der Waals surface area (Å²) in [5, 5.41) is 3.87. The molecule has 0 N–H and O–H groups in total. The number of benzene rings is 1. The van der Waals surface area contributed by atoms with E-state index in [1.807, 2.05) is 17.8 Å². The van der Waals surface area contributed by atoms with Crippen molar-refractivity contribution >= 4 is 0 Å². The summed E-state index contributed by atoms with van der Waals surface area (Å²) in [6, 6.07) is 6.41. The molecule has 0 aliphatic heterocycles. The van der Waals surface area contributed by atoms with Gasteiger partial charge in [-0.15, -0.1) is 0 Å². The Kier molecular flexibility index (Phi) is 3.56. The third kappa shape index (κ3) is 2.35. The van der Waals surface area contributed by atoms with Crippen LogP contribution in [0.15, 0.2) is 35.2 Å². The summed E-state index contributed by atoms with van der Waals surface area (Å²) in [4.78, 5) is 8.58. The molecule has 1 aromatic carbocycles. The minimum atomic E-state index is 0.498. The zero-order valence-electron chi connectivity index (χ0n) is 12.5. The van der Waals surface area contributed by atoms with E-state index in [1.165, 1.54) is 16.8 Å². The fourth-order valence-corrected chi connectivity index (χ4v) is 2.56. The molecular weight excluding hydrogens is 264 g/mol. The average molecular weight is 282 g/mol. The summed E-state index contributed by atoms with van der Waals surface area (Å²) in [6.45, 7) is 6.13. The van der Waals surface area contributed by atoms with Crippen molar-refractivity contribution in [3.8, 4) is 17.3 Å². The Bertz CT molecular complexity index is 735. The Morgan fingerprint density at radius 1 is 1.14 bits per heavy atom. The van der Waals surface area contributed by atoms with Gasteiger partial charge < -0.3 is 4.52 Å². The Balaban J connectivity index is 2.21. The zero-order valence-corrected chi connectivity index (χ0v) is 12.5. The Morgan fingerprint density at radius 2 is 1.86 bits per heavy atom. The third-order valence-electron chi connectivity index (χ3n) is 3.59.